The number of nitrogens with one attached hydrogen (secondary N) is 2. The highest BCUT2D eigenvalue weighted by atomic mass is 19.1. The van der Waals surface area contributed by atoms with E-state index in [0.29, 0.717) is 13.0 Å². The van der Waals surface area contributed by atoms with Gasteiger partial charge in [0.05, 0.1) is 6.33 Å². The summed E-state index contributed by atoms with van der Waals surface area (Å²) in [5.41, 5.74) is 1.01. The Hall–Kier alpha value is -2.24. The third-order valence-electron chi connectivity index (χ3n) is 2.18. The first kappa shape index (κ1) is 11.3. The zero-order valence-electron chi connectivity index (χ0n) is 8.98. The monoisotopic (exact) mass is 234 g/mol. The van der Waals surface area contributed by atoms with Gasteiger partial charge in [0.25, 0.3) is 5.91 Å². The number of hydrogen-bond acceptors (Lipinski definition) is 3. The molecule has 6 heteroatoms. The van der Waals surface area contributed by atoms with Gasteiger partial charge >= 0.3 is 0 Å². The maximum absolute atomic E-state index is 12.8. The van der Waals surface area contributed by atoms with Crippen molar-refractivity contribution in [1.29, 1.82) is 0 Å². The summed E-state index contributed by atoms with van der Waals surface area (Å²) in [5.74, 6) is -1.05. The second-order valence-electron chi connectivity index (χ2n) is 3.43. The Bertz CT molecular complexity index is 498. The number of H-pyrrole nitrogens is 1. The van der Waals surface area contributed by atoms with Crippen LogP contribution < -0.4 is 5.32 Å². The Balaban J connectivity index is 1.85. The van der Waals surface area contributed by atoms with E-state index in [1.807, 2.05) is 0 Å². The lowest BCUT2D eigenvalue weighted by Crippen LogP contribution is -2.26. The normalized spacial score (nSPS) is 10.2. The highest BCUT2D eigenvalue weighted by molar-refractivity contribution is 5.92. The highest BCUT2D eigenvalue weighted by Crippen LogP contribution is 1.98. The van der Waals surface area contributed by atoms with Crippen LogP contribution in [0, 0.1) is 5.95 Å². The molecule has 2 rings (SSSR count). The number of rotatable bonds is 4. The molecule has 0 atom stereocenters. The first-order valence-electron chi connectivity index (χ1n) is 5.14. The molecule has 0 saturated heterocycles. The number of carbonyl (C=O) groups is 1. The maximum Gasteiger partial charge on any atom is 0.270 e. The lowest BCUT2D eigenvalue weighted by atomic mass is 10.3. The number of amides is 1. The zero-order valence-corrected chi connectivity index (χ0v) is 8.98. The van der Waals surface area contributed by atoms with Crippen LogP contribution in [0.4, 0.5) is 4.39 Å². The van der Waals surface area contributed by atoms with E-state index < -0.39 is 5.95 Å². The minimum Gasteiger partial charge on any atom is -0.350 e. The molecule has 0 aromatic carbocycles. The number of halogens is 1. The van der Waals surface area contributed by atoms with Gasteiger partial charge in [-0.1, -0.05) is 6.07 Å². The standard InChI is InChI=1S/C11H11FN4O/c12-10-3-1-2-9(16-10)11(17)14-5-4-8-6-13-7-15-8/h1-3,6-7H,4-5H2,(H,13,15)(H,14,17). The van der Waals surface area contributed by atoms with E-state index in [1.54, 1.807) is 12.5 Å². The van der Waals surface area contributed by atoms with Crippen molar-refractivity contribution >= 4 is 5.91 Å². The number of aromatic nitrogens is 3. The van der Waals surface area contributed by atoms with Gasteiger partial charge in [-0.2, -0.15) is 4.39 Å². The molecule has 0 radical (unpaired) electrons. The molecule has 2 heterocycles. The fraction of sp³-hybridized carbons (Fsp3) is 0.182. The Morgan fingerprint density at radius 3 is 3.06 bits per heavy atom. The molecule has 5 nitrogen and oxygen atoms in total. The van der Waals surface area contributed by atoms with Crippen LogP contribution in [0.25, 0.3) is 0 Å². The van der Waals surface area contributed by atoms with Gasteiger partial charge in [0.1, 0.15) is 5.69 Å². The van der Waals surface area contributed by atoms with Gasteiger partial charge in [-0.3, -0.25) is 4.79 Å². The summed E-state index contributed by atoms with van der Waals surface area (Å²) < 4.78 is 12.8. The minimum absolute atomic E-state index is 0.0783. The first-order chi connectivity index (χ1) is 8.25. The fourth-order valence-electron chi connectivity index (χ4n) is 1.36. The Morgan fingerprint density at radius 2 is 2.35 bits per heavy atom. The highest BCUT2D eigenvalue weighted by Gasteiger charge is 2.07. The van der Waals surface area contributed by atoms with Crippen LogP contribution in [0.1, 0.15) is 16.2 Å². The van der Waals surface area contributed by atoms with Gasteiger partial charge in [0, 0.05) is 24.9 Å². The lowest BCUT2D eigenvalue weighted by Gasteiger charge is -2.03. The first-order valence-corrected chi connectivity index (χ1v) is 5.14. The van der Waals surface area contributed by atoms with Crippen LogP contribution in [0.5, 0.6) is 0 Å². The molecule has 0 saturated carbocycles. The molecule has 2 aromatic rings. The molecule has 0 aliphatic rings. The lowest BCUT2D eigenvalue weighted by molar-refractivity contribution is 0.0948. The molecule has 0 spiro atoms. The van der Waals surface area contributed by atoms with Crippen molar-refractivity contribution in [1.82, 2.24) is 20.3 Å². The molecule has 2 aromatic heterocycles. The number of hydrogen-bond donors (Lipinski definition) is 2. The summed E-state index contributed by atoms with van der Waals surface area (Å²) in [6.45, 7) is 0.444. The predicted octanol–water partition coefficient (Wildman–Crippen LogP) is 0.916. The quantitative estimate of drug-likeness (QED) is 0.773. The van der Waals surface area contributed by atoms with Crippen molar-refractivity contribution in [2.75, 3.05) is 6.54 Å². The molecule has 0 unspecified atom stereocenters. The predicted molar refractivity (Wildman–Crippen MR) is 58.8 cm³/mol. The van der Waals surface area contributed by atoms with Crippen molar-refractivity contribution in [3.63, 3.8) is 0 Å². The summed E-state index contributed by atoms with van der Waals surface area (Å²) in [4.78, 5) is 21.8. The topological polar surface area (TPSA) is 70.7 Å². The van der Waals surface area contributed by atoms with Crippen LogP contribution in [0.3, 0.4) is 0 Å². The SMILES string of the molecule is O=C(NCCc1cnc[nH]1)c1cccc(F)n1. The third kappa shape index (κ3) is 3.10. The summed E-state index contributed by atoms with van der Waals surface area (Å²) in [5, 5.41) is 2.65. The molecular weight excluding hydrogens is 223 g/mol. The molecule has 2 N–H and O–H groups in total. The maximum atomic E-state index is 12.8. The largest absolute Gasteiger partial charge is 0.350 e. The van der Waals surface area contributed by atoms with E-state index in [4.69, 9.17) is 0 Å². The number of nitrogens with zero attached hydrogens (tertiary/aromatic N) is 2. The van der Waals surface area contributed by atoms with Crippen LogP contribution in [-0.2, 0) is 6.42 Å². The van der Waals surface area contributed by atoms with E-state index in [1.165, 1.54) is 18.2 Å². The molecule has 0 aliphatic carbocycles. The van der Waals surface area contributed by atoms with Crippen LogP contribution in [-0.4, -0.2) is 27.4 Å². The number of aromatic amines is 1. The van der Waals surface area contributed by atoms with Crippen molar-refractivity contribution in [3.8, 4) is 0 Å². The van der Waals surface area contributed by atoms with Gasteiger partial charge in [0.2, 0.25) is 5.95 Å². The van der Waals surface area contributed by atoms with E-state index in [0.717, 1.165) is 5.69 Å². The van der Waals surface area contributed by atoms with Crippen LogP contribution in [0.2, 0.25) is 0 Å². The van der Waals surface area contributed by atoms with Crippen LogP contribution >= 0.6 is 0 Å². The van der Waals surface area contributed by atoms with E-state index in [2.05, 4.69) is 20.3 Å². The van der Waals surface area contributed by atoms with Gasteiger partial charge < -0.3 is 10.3 Å². The number of carbonyl (C=O) groups excluding carboxylic acids is 1. The molecule has 17 heavy (non-hydrogen) atoms. The Labute approximate surface area is 97.1 Å². The fourth-order valence-corrected chi connectivity index (χ4v) is 1.36. The average molecular weight is 234 g/mol. The zero-order chi connectivity index (χ0) is 12.1. The van der Waals surface area contributed by atoms with Crippen LogP contribution in [0.15, 0.2) is 30.7 Å². The molecule has 88 valence electrons. The molecular formula is C11H11FN4O. The molecule has 0 fully saturated rings. The average Bonchev–Trinajstić information content (AvgIpc) is 2.82. The van der Waals surface area contributed by atoms with Gasteiger partial charge in [-0.05, 0) is 12.1 Å². The summed E-state index contributed by atoms with van der Waals surface area (Å²) in [6, 6.07) is 4.11. The molecule has 1 amide bonds. The number of imidazole rings is 1. The van der Waals surface area contributed by atoms with Crippen molar-refractivity contribution in [3.05, 3.63) is 48.1 Å². The second kappa shape index (κ2) is 5.20. The Morgan fingerprint density at radius 1 is 1.47 bits per heavy atom. The summed E-state index contributed by atoms with van der Waals surface area (Å²) in [7, 11) is 0. The minimum atomic E-state index is -0.661. The van der Waals surface area contributed by atoms with Crippen molar-refractivity contribution in [2.45, 2.75) is 6.42 Å². The number of pyridine rings is 1. The Kier molecular flexibility index (Phi) is 3.44. The van der Waals surface area contributed by atoms with E-state index in [9.17, 15) is 9.18 Å². The van der Waals surface area contributed by atoms with Gasteiger partial charge in [-0.15, -0.1) is 0 Å². The second-order valence-corrected chi connectivity index (χ2v) is 3.43. The van der Waals surface area contributed by atoms with Crippen molar-refractivity contribution < 1.29 is 9.18 Å². The van der Waals surface area contributed by atoms with E-state index >= 15 is 0 Å². The van der Waals surface area contributed by atoms with Gasteiger partial charge in [0.15, 0.2) is 0 Å². The smallest absolute Gasteiger partial charge is 0.270 e. The summed E-state index contributed by atoms with van der Waals surface area (Å²) >= 11 is 0. The van der Waals surface area contributed by atoms with Gasteiger partial charge in [-0.25, -0.2) is 9.97 Å². The summed E-state index contributed by atoms with van der Waals surface area (Å²) in [6.07, 6.45) is 3.90. The molecule has 0 aliphatic heterocycles. The third-order valence-corrected chi connectivity index (χ3v) is 2.18. The van der Waals surface area contributed by atoms with E-state index in [-0.39, 0.29) is 11.6 Å². The molecule has 0 bridgehead atoms. The van der Waals surface area contributed by atoms with Crippen molar-refractivity contribution in [2.24, 2.45) is 0 Å².